The van der Waals surface area contributed by atoms with Crippen LogP contribution in [0.15, 0.2) is 4.42 Å². The molecule has 29 heavy (non-hydrogen) atoms. The van der Waals surface area contributed by atoms with Gasteiger partial charge >= 0.3 is 12.0 Å². The molecular formula is C18H26FN3O6S. The number of unbranched alkanes of at least 4 members (excludes halogenated alkanes) is 2. The Hall–Kier alpha value is -2.17. The average Bonchev–Trinajstić information content (AvgIpc) is 3.31. The van der Waals surface area contributed by atoms with Crippen molar-refractivity contribution < 1.29 is 31.6 Å². The number of carbonyl (C=O) groups excluding carboxylic acids is 2. The summed E-state index contributed by atoms with van der Waals surface area (Å²) in [6.07, 6.45) is 3.77. The lowest BCUT2D eigenvalue weighted by atomic mass is 10.2. The molecule has 2 fully saturated rings. The molecule has 3 amide bonds. The number of sulfone groups is 1. The van der Waals surface area contributed by atoms with E-state index >= 15 is 0 Å². The van der Waals surface area contributed by atoms with Gasteiger partial charge in [0.15, 0.2) is 9.84 Å². The van der Waals surface area contributed by atoms with Crippen molar-refractivity contribution in [1.29, 1.82) is 0 Å². The summed E-state index contributed by atoms with van der Waals surface area (Å²) in [5.74, 6) is -1.81. The van der Waals surface area contributed by atoms with Crippen molar-refractivity contribution in [2.24, 2.45) is 5.92 Å². The van der Waals surface area contributed by atoms with Gasteiger partial charge < -0.3 is 14.1 Å². The number of ether oxygens (including phenoxy) is 1. The second-order valence-corrected chi connectivity index (χ2v) is 9.96. The molecule has 1 N–H and O–H groups in total. The lowest BCUT2D eigenvalue weighted by Crippen LogP contribution is -2.29. The molecule has 2 aliphatic rings. The van der Waals surface area contributed by atoms with Gasteiger partial charge in [0.25, 0.3) is 5.95 Å². The van der Waals surface area contributed by atoms with Crippen molar-refractivity contribution >= 4 is 21.8 Å². The van der Waals surface area contributed by atoms with Gasteiger partial charge in [-0.25, -0.2) is 13.2 Å². The number of carbonyl (C=O) groups is 2. The van der Waals surface area contributed by atoms with Gasteiger partial charge in [-0.3, -0.25) is 10.1 Å². The summed E-state index contributed by atoms with van der Waals surface area (Å²) >= 11 is 0. The second-order valence-electron chi connectivity index (χ2n) is 7.74. The molecule has 0 spiro atoms. The molecule has 2 heterocycles. The zero-order chi connectivity index (χ0) is 21.0. The van der Waals surface area contributed by atoms with E-state index in [0.29, 0.717) is 38.3 Å². The van der Waals surface area contributed by atoms with Gasteiger partial charge in [-0.2, -0.15) is 9.37 Å². The number of nitrogens with one attached hydrogen (secondary N) is 1. The molecule has 11 heteroatoms. The van der Waals surface area contributed by atoms with Crippen molar-refractivity contribution in [3.05, 3.63) is 11.8 Å². The number of halogens is 1. The molecule has 1 aromatic rings. The van der Waals surface area contributed by atoms with E-state index in [0.717, 1.165) is 12.8 Å². The molecule has 1 aliphatic carbocycles. The minimum Gasteiger partial charge on any atom is -0.462 e. The molecule has 1 saturated heterocycles. The van der Waals surface area contributed by atoms with Gasteiger partial charge in [-0.05, 0) is 31.6 Å². The Morgan fingerprint density at radius 1 is 1.31 bits per heavy atom. The Morgan fingerprint density at radius 3 is 2.72 bits per heavy atom. The van der Waals surface area contributed by atoms with Crippen molar-refractivity contribution in [1.82, 2.24) is 15.2 Å². The number of amides is 3. The van der Waals surface area contributed by atoms with Gasteiger partial charge in [0.05, 0.1) is 18.1 Å². The minimum absolute atomic E-state index is 0.0154. The first-order valence-corrected chi connectivity index (χ1v) is 11.6. The van der Waals surface area contributed by atoms with E-state index < -0.39 is 27.7 Å². The Labute approximate surface area is 168 Å². The van der Waals surface area contributed by atoms with E-state index in [9.17, 15) is 22.4 Å². The zero-order valence-corrected chi connectivity index (χ0v) is 17.2. The summed E-state index contributed by atoms with van der Waals surface area (Å²) in [7, 11) is -3.38. The molecule has 0 bridgehead atoms. The summed E-state index contributed by atoms with van der Waals surface area (Å²) in [6, 6.07) is -0.407. The van der Waals surface area contributed by atoms with Crippen LogP contribution in [0, 0.1) is 11.9 Å². The summed E-state index contributed by atoms with van der Waals surface area (Å²) in [5, 5.41) is 2.19. The first kappa shape index (κ1) is 21.5. The van der Waals surface area contributed by atoms with E-state index in [4.69, 9.17) is 9.15 Å². The van der Waals surface area contributed by atoms with Crippen LogP contribution < -0.4 is 10.1 Å². The third-order valence-corrected chi connectivity index (χ3v) is 6.82. The first-order valence-electron chi connectivity index (χ1n) is 9.81. The quantitative estimate of drug-likeness (QED) is 0.396. The third-order valence-electron chi connectivity index (χ3n) is 4.90. The monoisotopic (exact) mass is 431 g/mol. The van der Waals surface area contributed by atoms with E-state index in [1.165, 1.54) is 4.90 Å². The highest BCUT2D eigenvalue weighted by Gasteiger charge is 2.28. The third kappa shape index (κ3) is 6.41. The maximum Gasteiger partial charge on any atom is 0.343 e. The smallest absolute Gasteiger partial charge is 0.343 e. The fraction of sp³-hybridized carbons (Fsp3) is 0.722. The van der Waals surface area contributed by atoms with Crippen LogP contribution in [-0.2, 0) is 14.6 Å². The van der Waals surface area contributed by atoms with E-state index in [1.54, 1.807) is 6.92 Å². The predicted molar refractivity (Wildman–Crippen MR) is 101 cm³/mol. The van der Waals surface area contributed by atoms with Gasteiger partial charge in [-0.1, -0.05) is 13.3 Å². The summed E-state index contributed by atoms with van der Waals surface area (Å²) in [4.78, 5) is 27.6. The van der Waals surface area contributed by atoms with E-state index in [-0.39, 0.29) is 35.8 Å². The predicted octanol–water partition coefficient (Wildman–Crippen LogP) is 1.84. The van der Waals surface area contributed by atoms with Crippen LogP contribution in [0.25, 0.3) is 0 Å². The zero-order valence-electron chi connectivity index (χ0n) is 16.4. The maximum absolute atomic E-state index is 13.8. The molecular weight excluding hydrogens is 405 g/mol. The molecule has 3 rings (SSSR count). The number of rotatable bonds is 12. The summed E-state index contributed by atoms with van der Waals surface area (Å²) < 4.78 is 49.0. The fourth-order valence-electron chi connectivity index (χ4n) is 3.08. The fourth-order valence-corrected chi connectivity index (χ4v) is 4.80. The Kier molecular flexibility index (Phi) is 6.76. The van der Waals surface area contributed by atoms with E-state index in [1.807, 2.05) is 0 Å². The number of imide groups is 1. The number of hydrogen-bond donors (Lipinski definition) is 1. The van der Waals surface area contributed by atoms with Gasteiger partial charge in [0.1, 0.15) is 6.54 Å². The standard InChI is InChI=1S/C18H26FN3O6S/c1-12(16-21-15(19)17(28-16)27-10-13-5-6-13)11-29(25,26)8-4-2-3-7-22-9-14(23)20-18(22)24/h12-13H,2-11H2,1H3,(H,20,23,24)/t12-/m0/s1. The molecule has 0 aromatic carbocycles. The molecule has 1 saturated carbocycles. The number of aromatic nitrogens is 1. The SMILES string of the molecule is C[C@@H](CS(=O)(=O)CCCCCN1CC(=O)NC1=O)c1nc(F)c(OCC2CC2)o1. The Morgan fingerprint density at radius 2 is 2.07 bits per heavy atom. The van der Waals surface area contributed by atoms with Crippen molar-refractivity contribution in [2.75, 3.05) is 31.2 Å². The molecule has 162 valence electrons. The van der Waals surface area contributed by atoms with Crippen molar-refractivity contribution in [3.63, 3.8) is 0 Å². The van der Waals surface area contributed by atoms with Crippen LogP contribution in [-0.4, -0.2) is 61.4 Å². The molecule has 0 unspecified atom stereocenters. The minimum atomic E-state index is -3.38. The topological polar surface area (TPSA) is 119 Å². The molecule has 1 aromatic heterocycles. The average molecular weight is 431 g/mol. The highest BCUT2D eigenvalue weighted by atomic mass is 32.2. The lowest BCUT2D eigenvalue weighted by molar-refractivity contribution is -0.118. The van der Waals surface area contributed by atoms with Crippen LogP contribution in [0.3, 0.4) is 0 Å². The molecule has 0 radical (unpaired) electrons. The van der Waals surface area contributed by atoms with Crippen LogP contribution in [0.4, 0.5) is 9.18 Å². The summed E-state index contributed by atoms with van der Waals surface area (Å²) in [6.45, 7) is 2.46. The Balaban J connectivity index is 1.38. The largest absolute Gasteiger partial charge is 0.462 e. The Bertz CT molecular complexity index is 852. The number of nitrogens with zero attached hydrogens (tertiary/aromatic N) is 2. The van der Waals surface area contributed by atoms with Gasteiger partial charge in [-0.15, -0.1) is 0 Å². The number of oxazole rings is 1. The summed E-state index contributed by atoms with van der Waals surface area (Å²) in [5.41, 5.74) is 0. The van der Waals surface area contributed by atoms with E-state index in [2.05, 4.69) is 10.3 Å². The molecule has 1 aliphatic heterocycles. The first-order chi connectivity index (χ1) is 13.7. The highest BCUT2D eigenvalue weighted by Crippen LogP contribution is 2.31. The highest BCUT2D eigenvalue weighted by molar-refractivity contribution is 7.91. The van der Waals surface area contributed by atoms with Crippen LogP contribution in [0.2, 0.25) is 0 Å². The van der Waals surface area contributed by atoms with Gasteiger partial charge in [0.2, 0.25) is 11.8 Å². The normalized spacial score (nSPS) is 18.2. The molecule has 9 nitrogen and oxygen atoms in total. The van der Waals surface area contributed by atoms with Crippen LogP contribution in [0.5, 0.6) is 5.95 Å². The number of urea groups is 1. The van der Waals surface area contributed by atoms with Gasteiger partial charge in [0, 0.05) is 12.5 Å². The van der Waals surface area contributed by atoms with Crippen molar-refractivity contribution in [3.8, 4) is 5.95 Å². The van der Waals surface area contributed by atoms with Crippen LogP contribution in [0.1, 0.15) is 50.8 Å². The maximum atomic E-state index is 13.8. The lowest BCUT2D eigenvalue weighted by Gasteiger charge is -2.12. The van der Waals surface area contributed by atoms with Crippen molar-refractivity contribution in [2.45, 2.75) is 44.9 Å². The number of hydrogen-bond acceptors (Lipinski definition) is 7. The second kappa shape index (κ2) is 9.10. The molecule has 1 atom stereocenters. The van der Waals surface area contributed by atoms with Crippen LogP contribution >= 0.6 is 0 Å².